The quantitative estimate of drug-likeness (QED) is 0.668. The third-order valence-corrected chi connectivity index (χ3v) is 5.65. The van der Waals surface area contributed by atoms with Crippen LogP contribution in [0.3, 0.4) is 0 Å². The van der Waals surface area contributed by atoms with Gasteiger partial charge in [-0.2, -0.15) is 4.98 Å². The van der Waals surface area contributed by atoms with E-state index in [-0.39, 0.29) is 5.91 Å². The number of aromatic nitrogens is 4. The number of carbonyl (C=O) groups excluding carboxylic acids is 1. The molecule has 0 saturated carbocycles. The van der Waals surface area contributed by atoms with Crippen LogP contribution in [0, 0.1) is 13.8 Å². The largest absolute Gasteiger partial charge is 0.368 e. The fourth-order valence-electron chi connectivity index (χ4n) is 3.95. The van der Waals surface area contributed by atoms with E-state index in [0.29, 0.717) is 12.2 Å². The molecule has 1 saturated heterocycles. The highest BCUT2D eigenvalue weighted by Crippen LogP contribution is 2.18. The van der Waals surface area contributed by atoms with Crippen molar-refractivity contribution in [1.29, 1.82) is 0 Å². The molecule has 1 fully saturated rings. The van der Waals surface area contributed by atoms with Crippen LogP contribution in [0.4, 0.5) is 5.69 Å². The number of amides is 1. The summed E-state index contributed by atoms with van der Waals surface area (Å²) in [6.07, 6.45) is 2.19. The van der Waals surface area contributed by atoms with Crippen molar-refractivity contribution in [3.05, 3.63) is 53.1 Å². The molecule has 0 N–H and O–H groups in total. The van der Waals surface area contributed by atoms with E-state index in [1.54, 1.807) is 4.52 Å². The molecular formula is C22H28N6O. The Labute approximate surface area is 171 Å². The first-order chi connectivity index (χ1) is 14.1. The molecule has 0 bridgehead atoms. The standard InChI is InChI=1S/C22H28N6O/c1-4-8-20-24-22-23-16(2)19(17(3)28(22)25-20)15-21(29)27-13-11-26(12-14-27)18-9-6-5-7-10-18/h5-7,9-10H,4,8,11-15H2,1-3H3. The number of nitrogens with zero attached hydrogens (tertiary/aromatic N) is 6. The Morgan fingerprint density at radius 3 is 2.45 bits per heavy atom. The number of rotatable bonds is 5. The van der Waals surface area contributed by atoms with Gasteiger partial charge in [0.15, 0.2) is 5.82 Å². The summed E-state index contributed by atoms with van der Waals surface area (Å²) in [5.41, 5.74) is 4.00. The van der Waals surface area contributed by atoms with E-state index in [0.717, 1.165) is 61.8 Å². The van der Waals surface area contributed by atoms with Crippen LogP contribution >= 0.6 is 0 Å². The van der Waals surface area contributed by atoms with E-state index in [1.807, 2.05) is 24.8 Å². The van der Waals surface area contributed by atoms with Gasteiger partial charge in [-0.15, -0.1) is 5.10 Å². The lowest BCUT2D eigenvalue weighted by atomic mass is 10.1. The molecule has 1 aliphatic rings. The minimum Gasteiger partial charge on any atom is -0.368 e. The number of anilines is 1. The molecule has 0 unspecified atom stereocenters. The summed E-state index contributed by atoms with van der Waals surface area (Å²) in [5, 5.41) is 4.58. The van der Waals surface area contributed by atoms with Crippen molar-refractivity contribution < 1.29 is 4.79 Å². The summed E-state index contributed by atoms with van der Waals surface area (Å²) in [4.78, 5) is 26.4. The van der Waals surface area contributed by atoms with Gasteiger partial charge >= 0.3 is 0 Å². The average Bonchev–Trinajstić information content (AvgIpc) is 3.14. The van der Waals surface area contributed by atoms with E-state index < -0.39 is 0 Å². The summed E-state index contributed by atoms with van der Waals surface area (Å²) in [6.45, 7) is 9.26. The maximum atomic E-state index is 13.0. The molecule has 1 aliphatic heterocycles. The Morgan fingerprint density at radius 2 is 1.76 bits per heavy atom. The van der Waals surface area contributed by atoms with Crippen molar-refractivity contribution in [2.75, 3.05) is 31.1 Å². The van der Waals surface area contributed by atoms with Gasteiger partial charge < -0.3 is 9.80 Å². The van der Waals surface area contributed by atoms with Gasteiger partial charge in [-0.1, -0.05) is 25.1 Å². The highest BCUT2D eigenvalue weighted by Gasteiger charge is 2.23. The number of fused-ring (bicyclic) bond motifs is 1. The lowest BCUT2D eigenvalue weighted by molar-refractivity contribution is -0.130. The van der Waals surface area contributed by atoms with Crippen LogP contribution in [-0.2, 0) is 17.6 Å². The SMILES string of the molecule is CCCc1nc2nc(C)c(CC(=O)N3CCN(c4ccccc4)CC3)c(C)n2n1. The zero-order valence-corrected chi connectivity index (χ0v) is 17.4. The maximum Gasteiger partial charge on any atom is 0.252 e. The van der Waals surface area contributed by atoms with E-state index in [2.05, 4.69) is 51.2 Å². The molecule has 3 heterocycles. The number of carbonyl (C=O) groups is 1. The monoisotopic (exact) mass is 392 g/mol. The Hall–Kier alpha value is -2.96. The smallest absolute Gasteiger partial charge is 0.252 e. The van der Waals surface area contributed by atoms with Crippen molar-refractivity contribution in [2.45, 2.75) is 40.0 Å². The summed E-state index contributed by atoms with van der Waals surface area (Å²) < 4.78 is 1.79. The highest BCUT2D eigenvalue weighted by atomic mass is 16.2. The lowest BCUT2D eigenvalue weighted by Gasteiger charge is -2.36. The van der Waals surface area contributed by atoms with Crippen molar-refractivity contribution in [1.82, 2.24) is 24.5 Å². The van der Waals surface area contributed by atoms with Crippen molar-refractivity contribution >= 4 is 17.4 Å². The second-order valence-corrected chi connectivity index (χ2v) is 7.63. The molecule has 29 heavy (non-hydrogen) atoms. The van der Waals surface area contributed by atoms with Crippen molar-refractivity contribution in [2.24, 2.45) is 0 Å². The van der Waals surface area contributed by atoms with Crippen LogP contribution in [0.5, 0.6) is 0 Å². The van der Waals surface area contributed by atoms with Crippen LogP contribution in [0.25, 0.3) is 5.78 Å². The van der Waals surface area contributed by atoms with Gasteiger partial charge in [0.05, 0.1) is 6.42 Å². The molecule has 0 radical (unpaired) electrons. The van der Waals surface area contributed by atoms with Crippen molar-refractivity contribution in [3.8, 4) is 0 Å². The minimum atomic E-state index is 0.152. The van der Waals surface area contributed by atoms with Crippen molar-refractivity contribution in [3.63, 3.8) is 0 Å². The van der Waals surface area contributed by atoms with E-state index in [9.17, 15) is 4.79 Å². The Balaban J connectivity index is 1.46. The fraction of sp³-hybridized carbons (Fsp3) is 0.455. The van der Waals surface area contributed by atoms with E-state index in [1.165, 1.54) is 5.69 Å². The molecule has 4 rings (SSSR count). The zero-order chi connectivity index (χ0) is 20.4. The molecule has 3 aromatic rings. The van der Waals surface area contributed by atoms with Crippen LogP contribution < -0.4 is 4.90 Å². The molecule has 7 nitrogen and oxygen atoms in total. The summed E-state index contributed by atoms with van der Waals surface area (Å²) in [7, 11) is 0. The van der Waals surface area contributed by atoms with Crippen LogP contribution in [0.15, 0.2) is 30.3 Å². The zero-order valence-electron chi connectivity index (χ0n) is 17.4. The molecule has 0 spiro atoms. The van der Waals surface area contributed by atoms with E-state index >= 15 is 0 Å². The minimum absolute atomic E-state index is 0.152. The van der Waals surface area contributed by atoms with Crippen LogP contribution in [0.2, 0.25) is 0 Å². The molecule has 2 aromatic heterocycles. The summed E-state index contributed by atoms with van der Waals surface area (Å²) in [5.74, 6) is 1.58. The molecule has 0 atom stereocenters. The number of aryl methyl sites for hydroxylation is 3. The van der Waals surface area contributed by atoms with Gasteiger partial charge in [0.2, 0.25) is 5.91 Å². The van der Waals surface area contributed by atoms with Gasteiger partial charge in [-0.3, -0.25) is 4.79 Å². The first kappa shape index (κ1) is 19.4. The van der Waals surface area contributed by atoms with Gasteiger partial charge in [-0.25, -0.2) is 9.50 Å². The number of piperazine rings is 1. The predicted octanol–water partition coefficient (Wildman–Crippen LogP) is 2.58. The number of benzene rings is 1. The first-order valence-electron chi connectivity index (χ1n) is 10.4. The highest BCUT2D eigenvalue weighted by molar-refractivity contribution is 5.79. The third-order valence-electron chi connectivity index (χ3n) is 5.65. The topological polar surface area (TPSA) is 66.6 Å². The predicted molar refractivity (Wildman–Crippen MR) is 113 cm³/mol. The molecule has 1 amide bonds. The Bertz CT molecular complexity index is 1010. The number of hydrogen-bond acceptors (Lipinski definition) is 5. The van der Waals surface area contributed by atoms with Gasteiger partial charge in [0, 0.05) is 55.2 Å². The fourth-order valence-corrected chi connectivity index (χ4v) is 3.95. The van der Waals surface area contributed by atoms with Gasteiger partial charge in [0.25, 0.3) is 5.78 Å². The molecule has 0 aliphatic carbocycles. The molecule has 152 valence electrons. The number of hydrogen-bond donors (Lipinski definition) is 0. The van der Waals surface area contributed by atoms with Gasteiger partial charge in [-0.05, 0) is 32.4 Å². The molecule has 1 aromatic carbocycles. The van der Waals surface area contributed by atoms with Crippen LogP contribution in [-0.4, -0.2) is 56.6 Å². The third kappa shape index (κ3) is 3.95. The van der Waals surface area contributed by atoms with E-state index in [4.69, 9.17) is 0 Å². The average molecular weight is 393 g/mol. The van der Waals surface area contributed by atoms with Gasteiger partial charge in [0.1, 0.15) is 0 Å². The second-order valence-electron chi connectivity index (χ2n) is 7.63. The Morgan fingerprint density at radius 1 is 1.03 bits per heavy atom. The molecular weight excluding hydrogens is 364 g/mol. The number of para-hydroxylation sites is 1. The van der Waals surface area contributed by atoms with Crippen LogP contribution in [0.1, 0.15) is 36.1 Å². The normalized spacial score (nSPS) is 14.6. The maximum absolute atomic E-state index is 13.0. The lowest BCUT2D eigenvalue weighted by Crippen LogP contribution is -2.49. The molecule has 7 heteroatoms. The summed E-state index contributed by atoms with van der Waals surface area (Å²) in [6, 6.07) is 10.4. The Kier molecular flexibility index (Phi) is 5.47. The second kappa shape index (κ2) is 8.19. The summed E-state index contributed by atoms with van der Waals surface area (Å²) >= 11 is 0. The first-order valence-corrected chi connectivity index (χ1v) is 10.4.